The molecule has 1 aliphatic rings. The minimum atomic E-state index is 0.410. The van der Waals surface area contributed by atoms with Crippen LogP contribution in [0.3, 0.4) is 0 Å². The maximum Gasteiger partial charge on any atom is 0.00483 e. The topological polar surface area (TPSA) is 29.3 Å². The molecule has 0 radical (unpaired) electrons. The summed E-state index contributed by atoms with van der Waals surface area (Å²) in [5.41, 5.74) is 5.94. The molecule has 2 N–H and O–H groups in total. The number of rotatable bonds is 5. The van der Waals surface area contributed by atoms with Crippen molar-refractivity contribution in [1.82, 2.24) is 4.90 Å². The molecule has 1 heterocycles. The first-order chi connectivity index (χ1) is 7.13. The van der Waals surface area contributed by atoms with Gasteiger partial charge in [-0.15, -0.1) is 0 Å². The molecule has 1 rings (SSSR count). The van der Waals surface area contributed by atoms with E-state index in [1.54, 1.807) is 0 Å². The van der Waals surface area contributed by atoms with Crippen molar-refractivity contribution >= 4 is 0 Å². The van der Waals surface area contributed by atoms with Gasteiger partial charge < -0.3 is 10.6 Å². The Bertz CT molecular complexity index is 160. The fraction of sp³-hybridized carbons (Fsp3) is 1.00. The second-order valence-corrected chi connectivity index (χ2v) is 5.38. The highest BCUT2D eigenvalue weighted by Crippen LogP contribution is 2.24. The minimum absolute atomic E-state index is 0.410. The molecule has 2 nitrogen and oxygen atoms in total. The molecule has 1 unspecified atom stereocenters. The predicted octanol–water partition coefficient (Wildman–Crippen LogP) is 2.48. The van der Waals surface area contributed by atoms with Crippen LogP contribution in [0.25, 0.3) is 0 Å². The van der Waals surface area contributed by atoms with E-state index >= 15 is 0 Å². The van der Waals surface area contributed by atoms with Crippen molar-refractivity contribution in [1.29, 1.82) is 0 Å². The summed E-state index contributed by atoms with van der Waals surface area (Å²) < 4.78 is 0. The Morgan fingerprint density at radius 2 is 1.87 bits per heavy atom. The van der Waals surface area contributed by atoms with E-state index in [9.17, 15) is 0 Å². The monoisotopic (exact) mass is 212 g/mol. The number of likely N-dealkylation sites (tertiary alicyclic amines) is 1. The van der Waals surface area contributed by atoms with Gasteiger partial charge in [-0.3, -0.25) is 0 Å². The summed E-state index contributed by atoms with van der Waals surface area (Å²) in [5.74, 6) is 1.83. The van der Waals surface area contributed by atoms with Crippen LogP contribution in [-0.2, 0) is 0 Å². The van der Waals surface area contributed by atoms with Crippen LogP contribution in [0.2, 0.25) is 0 Å². The van der Waals surface area contributed by atoms with Gasteiger partial charge in [0.15, 0.2) is 0 Å². The zero-order valence-corrected chi connectivity index (χ0v) is 10.7. The Hall–Kier alpha value is -0.0800. The largest absolute Gasteiger partial charge is 0.328 e. The summed E-state index contributed by atoms with van der Waals surface area (Å²) in [5, 5.41) is 0. The Morgan fingerprint density at radius 1 is 1.27 bits per heavy atom. The highest BCUT2D eigenvalue weighted by atomic mass is 15.1. The van der Waals surface area contributed by atoms with Gasteiger partial charge in [-0.1, -0.05) is 20.8 Å². The molecule has 1 fully saturated rings. The molecule has 0 spiro atoms. The Labute approximate surface area is 95.2 Å². The molecule has 0 aliphatic carbocycles. The summed E-state index contributed by atoms with van der Waals surface area (Å²) in [7, 11) is 0. The van der Waals surface area contributed by atoms with E-state index in [2.05, 4.69) is 25.7 Å². The summed E-state index contributed by atoms with van der Waals surface area (Å²) >= 11 is 0. The van der Waals surface area contributed by atoms with Gasteiger partial charge in [0.2, 0.25) is 0 Å². The van der Waals surface area contributed by atoms with Crippen molar-refractivity contribution < 1.29 is 0 Å². The van der Waals surface area contributed by atoms with Crippen LogP contribution in [0.1, 0.15) is 46.5 Å². The van der Waals surface area contributed by atoms with Crippen LogP contribution < -0.4 is 5.73 Å². The lowest BCUT2D eigenvalue weighted by Gasteiger charge is -2.34. The van der Waals surface area contributed by atoms with Crippen LogP contribution in [0, 0.1) is 11.8 Å². The predicted molar refractivity (Wildman–Crippen MR) is 66.9 cm³/mol. The van der Waals surface area contributed by atoms with Crippen molar-refractivity contribution in [3.05, 3.63) is 0 Å². The molecule has 1 aliphatic heterocycles. The third-order valence-corrected chi connectivity index (χ3v) is 3.92. The second kappa shape index (κ2) is 6.49. The van der Waals surface area contributed by atoms with Crippen LogP contribution in [-0.4, -0.2) is 30.6 Å². The molecule has 1 atom stereocenters. The minimum Gasteiger partial charge on any atom is -0.328 e. The number of hydrogen-bond donors (Lipinski definition) is 1. The van der Waals surface area contributed by atoms with Gasteiger partial charge in [-0.2, -0.15) is 0 Å². The maximum atomic E-state index is 5.94. The molecular formula is C13H28N2. The highest BCUT2D eigenvalue weighted by Gasteiger charge is 2.21. The molecule has 0 aromatic rings. The van der Waals surface area contributed by atoms with Gasteiger partial charge in [0.25, 0.3) is 0 Å². The van der Waals surface area contributed by atoms with Crippen LogP contribution in [0.4, 0.5) is 0 Å². The third-order valence-electron chi connectivity index (χ3n) is 3.92. The van der Waals surface area contributed by atoms with Crippen molar-refractivity contribution in [2.45, 2.75) is 52.5 Å². The SMILES string of the molecule is CCC(N)CCN1CCC(C(C)C)CC1. The van der Waals surface area contributed by atoms with E-state index in [-0.39, 0.29) is 0 Å². The van der Waals surface area contributed by atoms with Gasteiger partial charge in [0, 0.05) is 6.04 Å². The number of nitrogens with zero attached hydrogens (tertiary/aromatic N) is 1. The standard InChI is InChI=1S/C13H28N2/c1-4-13(14)7-10-15-8-5-12(6-9-15)11(2)3/h11-13H,4-10,14H2,1-3H3. The molecule has 15 heavy (non-hydrogen) atoms. The molecule has 0 bridgehead atoms. The average Bonchev–Trinajstić information content (AvgIpc) is 2.26. The van der Waals surface area contributed by atoms with E-state index in [0.717, 1.165) is 18.3 Å². The van der Waals surface area contributed by atoms with Crippen molar-refractivity contribution in [3.8, 4) is 0 Å². The van der Waals surface area contributed by atoms with Crippen LogP contribution >= 0.6 is 0 Å². The lowest BCUT2D eigenvalue weighted by atomic mass is 9.86. The van der Waals surface area contributed by atoms with E-state index < -0.39 is 0 Å². The fourth-order valence-corrected chi connectivity index (χ4v) is 2.40. The lowest BCUT2D eigenvalue weighted by Crippen LogP contribution is -2.37. The molecule has 90 valence electrons. The smallest absolute Gasteiger partial charge is 0.00483 e. The molecule has 2 heteroatoms. The lowest BCUT2D eigenvalue weighted by molar-refractivity contribution is 0.154. The van der Waals surface area contributed by atoms with Crippen LogP contribution in [0.15, 0.2) is 0 Å². The van der Waals surface area contributed by atoms with Crippen molar-refractivity contribution in [2.75, 3.05) is 19.6 Å². The van der Waals surface area contributed by atoms with Crippen LogP contribution in [0.5, 0.6) is 0 Å². The quantitative estimate of drug-likeness (QED) is 0.758. The van der Waals surface area contributed by atoms with Gasteiger partial charge >= 0.3 is 0 Å². The zero-order valence-electron chi connectivity index (χ0n) is 10.7. The Morgan fingerprint density at radius 3 is 2.33 bits per heavy atom. The fourth-order valence-electron chi connectivity index (χ4n) is 2.40. The maximum absolute atomic E-state index is 5.94. The number of hydrogen-bond acceptors (Lipinski definition) is 2. The Balaban J connectivity index is 2.14. The molecule has 1 saturated heterocycles. The zero-order chi connectivity index (χ0) is 11.3. The summed E-state index contributed by atoms with van der Waals surface area (Å²) in [6.45, 7) is 10.7. The van der Waals surface area contributed by atoms with Gasteiger partial charge in [0.05, 0.1) is 0 Å². The van der Waals surface area contributed by atoms with Gasteiger partial charge in [-0.25, -0.2) is 0 Å². The molecule has 0 aromatic carbocycles. The highest BCUT2D eigenvalue weighted by molar-refractivity contribution is 4.75. The van der Waals surface area contributed by atoms with E-state index in [4.69, 9.17) is 5.73 Å². The molecule has 0 amide bonds. The van der Waals surface area contributed by atoms with E-state index in [0.29, 0.717) is 6.04 Å². The Kier molecular flexibility index (Phi) is 5.62. The summed E-state index contributed by atoms with van der Waals surface area (Å²) in [6.07, 6.45) is 5.06. The number of nitrogens with two attached hydrogens (primary N) is 1. The van der Waals surface area contributed by atoms with Crippen molar-refractivity contribution in [2.24, 2.45) is 17.6 Å². The first-order valence-electron chi connectivity index (χ1n) is 6.61. The molecule has 0 saturated carbocycles. The van der Waals surface area contributed by atoms with Gasteiger partial charge in [-0.05, 0) is 57.2 Å². The first kappa shape index (κ1) is 13.0. The number of piperidine rings is 1. The first-order valence-corrected chi connectivity index (χ1v) is 6.61. The second-order valence-electron chi connectivity index (χ2n) is 5.38. The molecular weight excluding hydrogens is 184 g/mol. The molecule has 0 aromatic heterocycles. The normalized spacial score (nSPS) is 22.2. The summed E-state index contributed by atoms with van der Waals surface area (Å²) in [4.78, 5) is 2.59. The van der Waals surface area contributed by atoms with E-state index in [1.165, 1.54) is 38.9 Å². The van der Waals surface area contributed by atoms with Crippen molar-refractivity contribution in [3.63, 3.8) is 0 Å². The summed E-state index contributed by atoms with van der Waals surface area (Å²) in [6, 6.07) is 0.410. The average molecular weight is 212 g/mol. The third kappa shape index (κ3) is 4.52. The van der Waals surface area contributed by atoms with E-state index in [1.807, 2.05) is 0 Å². The van der Waals surface area contributed by atoms with Gasteiger partial charge in [0.1, 0.15) is 0 Å².